The summed E-state index contributed by atoms with van der Waals surface area (Å²) in [5.74, 6) is 0. The third-order valence-electron chi connectivity index (χ3n) is 1.70. The van der Waals surface area contributed by atoms with Crippen LogP contribution in [0.5, 0.6) is 0 Å². The molecule has 0 aliphatic carbocycles. The van der Waals surface area contributed by atoms with Gasteiger partial charge in [0.2, 0.25) is 0 Å². The Kier molecular flexibility index (Phi) is 6.25. The van der Waals surface area contributed by atoms with Crippen LogP contribution in [0.3, 0.4) is 0 Å². The maximum absolute atomic E-state index is 3.87. The lowest BCUT2D eigenvalue weighted by atomic mass is 10.1. The maximum Gasteiger partial charge on any atom is 0.0280 e. The van der Waals surface area contributed by atoms with Crippen molar-refractivity contribution < 1.29 is 0 Å². The fourth-order valence-corrected chi connectivity index (χ4v) is 1.28. The molecule has 0 bridgehead atoms. The number of hydrogen-bond donors (Lipinski definition) is 0. The van der Waals surface area contributed by atoms with Crippen LogP contribution in [0.4, 0.5) is 0 Å². The molecule has 0 heterocycles. The molecule has 0 saturated carbocycles. The highest BCUT2D eigenvalue weighted by atomic mass is 79.9. The van der Waals surface area contributed by atoms with E-state index in [1.54, 1.807) is 12.2 Å². The van der Waals surface area contributed by atoms with E-state index in [-0.39, 0.29) is 0 Å². The zero-order valence-electron chi connectivity index (χ0n) is 8.02. The molecule has 0 aromatic carbocycles. The van der Waals surface area contributed by atoms with Crippen LogP contribution in [0.1, 0.15) is 6.92 Å². The molecular formula is C12H15Br. The quantitative estimate of drug-likeness (QED) is 0.498. The highest BCUT2D eigenvalue weighted by Gasteiger charge is 1.95. The summed E-state index contributed by atoms with van der Waals surface area (Å²) in [5, 5.41) is 0.839. The van der Waals surface area contributed by atoms with E-state index >= 15 is 0 Å². The summed E-state index contributed by atoms with van der Waals surface area (Å²) in [4.78, 5) is 0. The minimum Gasteiger partial charge on any atom is -0.0985 e. The second-order valence-corrected chi connectivity index (χ2v) is 3.09. The van der Waals surface area contributed by atoms with Crippen molar-refractivity contribution in [3.63, 3.8) is 0 Å². The van der Waals surface area contributed by atoms with Gasteiger partial charge in [-0.15, -0.1) is 0 Å². The third-order valence-corrected chi connectivity index (χ3v) is 2.35. The Labute approximate surface area is 89.2 Å². The summed E-state index contributed by atoms with van der Waals surface area (Å²) in [6.45, 7) is 13.3. The van der Waals surface area contributed by atoms with Crippen molar-refractivity contribution in [2.45, 2.75) is 6.92 Å². The second-order valence-electron chi connectivity index (χ2n) is 2.53. The molecule has 0 unspecified atom stereocenters. The molecule has 0 radical (unpaired) electrons. The molecule has 0 aliphatic heterocycles. The van der Waals surface area contributed by atoms with Crippen molar-refractivity contribution >= 4 is 15.9 Å². The van der Waals surface area contributed by atoms with Crippen molar-refractivity contribution in [3.8, 4) is 0 Å². The Bertz CT molecular complexity index is 267. The fraction of sp³-hybridized carbons (Fsp3) is 0.167. The minimum absolute atomic E-state index is 0.839. The monoisotopic (exact) mass is 238 g/mol. The van der Waals surface area contributed by atoms with Crippen LogP contribution in [-0.2, 0) is 0 Å². The van der Waals surface area contributed by atoms with Gasteiger partial charge < -0.3 is 0 Å². The molecule has 0 atom stereocenters. The minimum atomic E-state index is 0.839. The highest BCUT2D eigenvalue weighted by Crippen LogP contribution is 2.14. The summed E-state index contributed by atoms with van der Waals surface area (Å²) in [6.07, 6.45) is 7.62. The SMILES string of the molecule is C=CC(=C)/C(C=C)=C\C(=C/C)CBr. The molecular weight excluding hydrogens is 224 g/mol. The number of allylic oxidation sites excluding steroid dienone is 7. The molecule has 0 aromatic rings. The molecule has 13 heavy (non-hydrogen) atoms. The lowest BCUT2D eigenvalue weighted by Gasteiger charge is -2.02. The van der Waals surface area contributed by atoms with E-state index in [2.05, 4.69) is 41.7 Å². The van der Waals surface area contributed by atoms with Crippen LogP contribution < -0.4 is 0 Å². The van der Waals surface area contributed by atoms with Crippen LogP contribution >= 0.6 is 15.9 Å². The van der Waals surface area contributed by atoms with Crippen molar-refractivity contribution in [2.24, 2.45) is 0 Å². The van der Waals surface area contributed by atoms with E-state index in [4.69, 9.17) is 0 Å². The normalized spacial score (nSPS) is 12.5. The highest BCUT2D eigenvalue weighted by molar-refractivity contribution is 9.09. The third kappa shape index (κ3) is 4.09. The summed E-state index contributed by atoms with van der Waals surface area (Å²) in [7, 11) is 0. The van der Waals surface area contributed by atoms with Crippen LogP contribution in [0.2, 0.25) is 0 Å². The topological polar surface area (TPSA) is 0 Å². The Balaban J connectivity index is 4.85. The van der Waals surface area contributed by atoms with Gasteiger partial charge >= 0.3 is 0 Å². The van der Waals surface area contributed by atoms with E-state index < -0.39 is 0 Å². The van der Waals surface area contributed by atoms with Gasteiger partial charge in [-0.05, 0) is 23.6 Å². The van der Waals surface area contributed by atoms with Crippen molar-refractivity contribution in [1.82, 2.24) is 0 Å². The average molecular weight is 239 g/mol. The summed E-state index contributed by atoms with van der Waals surface area (Å²) in [5.41, 5.74) is 3.12. The van der Waals surface area contributed by atoms with Gasteiger partial charge in [0.25, 0.3) is 0 Å². The molecule has 70 valence electrons. The van der Waals surface area contributed by atoms with E-state index in [0.29, 0.717) is 0 Å². The van der Waals surface area contributed by atoms with Crippen LogP contribution in [0, 0.1) is 0 Å². The standard InChI is InChI=1S/C12H15Br/c1-5-10(4)12(7-3)8-11(6-2)9-13/h5-8H,1,3-4,9H2,2H3/b11-6+,12-8-. The predicted molar refractivity (Wildman–Crippen MR) is 65.2 cm³/mol. The lowest BCUT2D eigenvalue weighted by Crippen LogP contribution is -1.84. The molecule has 0 N–H and O–H groups in total. The van der Waals surface area contributed by atoms with Gasteiger partial charge in [-0.1, -0.05) is 60.0 Å². The molecule has 0 spiro atoms. The Morgan fingerprint density at radius 3 is 2.23 bits per heavy atom. The summed E-state index contributed by atoms with van der Waals surface area (Å²) < 4.78 is 0. The Morgan fingerprint density at radius 2 is 1.92 bits per heavy atom. The van der Waals surface area contributed by atoms with Gasteiger partial charge in [0.1, 0.15) is 0 Å². The predicted octanol–water partition coefficient (Wildman–Crippen LogP) is 4.18. The Hall–Kier alpha value is -0.820. The van der Waals surface area contributed by atoms with Gasteiger partial charge in [0, 0.05) is 5.33 Å². The zero-order valence-corrected chi connectivity index (χ0v) is 9.60. The van der Waals surface area contributed by atoms with E-state index in [0.717, 1.165) is 16.5 Å². The first kappa shape index (κ1) is 12.2. The van der Waals surface area contributed by atoms with Crippen molar-refractivity contribution in [2.75, 3.05) is 5.33 Å². The van der Waals surface area contributed by atoms with Gasteiger partial charge in [0.15, 0.2) is 0 Å². The molecule has 0 amide bonds. The molecule has 0 aliphatic rings. The van der Waals surface area contributed by atoms with Gasteiger partial charge in [0.05, 0.1) is 0 Å². The fourth-order valence-electron chi connectivity index (χ4n) is 0.799. The number of rotatable bonds is 5. The first-order chi connectivity index (χ1) is 6.19. The summed E-state index contributed by atoms with van der Waals surface area (Å²) >= 11 is 3.40. The van der Waals surface area contributed by atoms with Crippen molar-refractivity contribution in [3.05, 3.63) is 60.8 Å². The van der Waals surface area contributed by atoms with Gasteiger partial charge in [-0.2, -0.15) is 0 Å². The smallest absolute Gasteiger partial charge is 0.0280 e. The molecule has 0 nitrogen and oxygen atoms in total. The molecule has 0 rings (SSSR count). The van der Waals surface area contributed by atoms with E-state index in [1.807, 2.05) is 13.0 Å². The average Bonchev–Trinajstić information content (AvgIpc) is 2.19. The first-order valence-electron chi connectivity index (χ1n) is 4.06. The number of alkyl halides is 1. The van der Waals surface area contributed by atoms with E-state index in [1.165, 1.54) is 5.57 Å². The Morgan fingerprint density at radius 1 is 1.31 bits per heavy atom. The number of halogens is 1. The zero-order chi connectivity index (χ0) is 10.3. The van der Waals surface area contributed by atoms with Crippen LogP contribution in [0.15, 0.2) is 60.8 Å². The number of hydrogen-bond acceptors (Lipinski definition) is 0. The summed E-state index contributed by atoms with van der Waals surface area (Å²) in [6, 6.07) is 0. The molecule has 0 saturated heterocycles. The van der Waals surface area contributed by atoms with Crippen LogP contribution in [-0.4, -0.2) is 5.33 Å². The molecule has 1 heteroatoms. The molecule has 0 aromatic heterocycles. The van der Waals surface area contributed by atoms with Gasteiger partial charge in [-0.3, -0.25) is 0 Å². The maximum atomic E-state index is 3.87. The lowest BCUT2D eigenvalue weighted by molar-refractivity contribution is 1.46. The van der Waals surface area contributed by atoms with Crippen molar-refractivity contribution in [1.29, 1.82) is 0 Å². The largest absolute Gasteiger partial charge is 0.0985 e. The first-order valence-corrected chi connectivity index (χ1v) is 5.18. The van der Waals surface area contributed by atoms with Gasteiger partial charge in [-0.25, -0.2) is 0 Å². The van der Waals surface area contributed by atoms with Crippen LogP contribution in [0.25, 0.3) is 0 Å². The van der Waals surface area contributed by atoms with E-state index in [9.17, 15) is 0 Å². The molecule has 0 fully saturated rings. The second kappa shape index (κ2) is 6.67.